The number of methoxy groups -OCH3 is 1. The summed E-state index contributed by atoms with van der Waals surface area (Å²) in [5, 5.41) is 2.45. The van der Waals surface area contributed by atoms with E-state index >= 15 is 0 Å². The Balaban J connectivity index is 1.45. The number of rotatable bonds is 11. The molecule has 1 atom stereocenters. The van der Waals surface area contributed by atoms with E-state index in [0.29, 0.717) is 29.9 Å². The smallest absolute Gasteiger partial charge is 0.242 e. The SMILES string of the molecule is COCCc1ccc(Oc2ccc(CNC(=O)CC3SC(=S)N(CC(C)C)C3=O)cc2)cc1. The highest BCUT2D eigenvalue weighted by molar-refractivity contribution is 8.24. The minimum absolute atomic E-state index is 0.0675. The quantitative estimate of drug-likeness (QED) is 0.470. The Hall–Kier alpha value is -2.42. The van der Waals surface area contributed by atoms with Crippen LogP contribution in [0.25, 0.3) is 0 Å². The van der Waals surface area contributed by atoms with Crippen LogP contribution >= 0.6 is 24.0 Å². The minimum atomic E-state index is -0.437. The van der Waals surface area contributed by atoms with Gasteiger partial charge in [0.2, 0.25) is 11.8 Å². The van der Waals surface area contributed by atoms with E-state index in [1.807, 2.05) is 62.4 Å². The van der Waals surface area contributed by atoms with Gasteiger partial charge in [-0.15, -0.1) is 0 Å². The Labute approximate surface area is 205 Å². The second-order valence-electron chi connectivity index (χ2n) is 8.33. The molecule has 1 unspecified atom stereocenters. The molecule has 0 bridgehead atoms. The standard InChI is InChI=1S/C25H30N2O4S2/c1-17(2)16-27-24(29)22(33-25(27)32)14-23(28)26-15-19-6-10-21(11-7-19)31-20-8-4-18(5-9-20)12-13-30-3/h4-11,17,22H,12-16H2,1-3H3,(H,26,28). The monoisotopic (exact) mass is 486 g/mol. The van der Waals surface area contributed by atoms with Gasteiger partial charge in [-0.2, -0.15) is 0 Å². The molecule has 176 valence electrons. The third kappa shape index (κ3) is 7.55. The predicted molar refractivity (Wildman–Crippen MR) is 136 cm³/mol. The van der Waals surface area contributed by atoms with Gasteiger partial charge < -0.3 is 14.8 Å². The van der Waals surface area contributed by atoms with Gasteiger partial charge in [0.25, 0.3) is 0 Å². The van der Waals surface area contributed by atoms with Crippen molar-refractivity contribution in [1.82, 2.24) is 10.2 Å². The number of hydrogen-bond acceptors (Lipinski definition) is 6. The van der Waals surface area contributed by atoms with Gasteiger partial charge in [0, 0.05) is 26.6 Å². The molecule has 1 aliphatic rings. The van der Waals surface area contributed by atoms with Crippen LogP contribution in [-0.4, -0.2) is 46.5 Å². The Kier molecular flexibility index (Phi) is 9.29. The van der Waals surface area contributed by atoms with Crippen molar-refractivity contribution in [3.8, 4) is 11.5 Å². The summed E-state index contributed by atoms with van der Waals surface area (Å²) in [6.07, 6.45) is 0.994. The second-order valence-corrected chi connectivity index (χ2v) is 10.2. The number of amides is 2. The van der Waals surface area contributed by atoms with Gasteiger partial charge in [-0.3, -0.25) is 14.5 Å². The van der Waals surface area contributed by atoms with Crippen LogP contribution in [0.1, 0.15) is 31.4 Å². The average molecular weight is 487 g/mol. The molecular formula is C25H30N2O4S2. The molecule has 33 heavy (non-hydrogen) atoms. The first-order chi connectivity index (χ1) is 15.9. The molecule has 0 aromatic heterocycles. The van der Waals surface area contributed by atoms with E-state index in [4.69, 9.17) is 21.7 Å². The van der Waals surface area contributed by atoms with Crippen LogP contribution in [0.3, 0.4) is 0 Å². The van der Waals surface area contributed by atoms with Crippen molar-refractivity contribution in [2.75, 3.05) is 20.3 Å². The van der Waals surface area contributed by atoms with Crippen molar-refractivity contribution in [3.05, 3.63) is 59.7 Å². The number of ether oxygens (including phenoxy) is 2. The van der Waals surface area contributed by atoms with Crippen molar-refractivity contribution in [2.45, 2.75) is 38.5 Å². The number of benzene rings is 2. The van der Waals surface area contributed by atoms with Crippen molar-refractivity contribution < 1.29 is 19.1 Å². The third-order valence-corrected chi connectivity index (χ3v) is 6.67. The summed E-state index contributed by atoms with van der Waals surface area (Å²) >= 11 is 6.61. The van der Waals surface area contributed by atoms with E-state index in [0.717, 1.165) is 23.5 Å². The van der Waals surface area contributed by atoms with Gasteiger partial charge in [0.1, 0.15) is 15.8 Å². The zero-order valence-corrected chi connectivity index (χ0v) is 20.8. The van der Waals surface area contributed by atoms with Gasteiger partial charge in [0.15, 0.2) is 0 Å². The Morgan fingerprint density at radius 3 is 2.27 bits per heavy atom. The number of nitrogens with zero attached hydrogens (tertiary/aromatic N) is 1. The van der Waals surface area contributed by atoms with Crippen LogP contribution in [0, 0.1) is 5.92 Å². The molecule has 2 aromatic carbocycles. The lowest BCUT2D eigenvalue weighted by atomic mass is 10.1. The highest BCUT2D eigenvalue weighted by atomic mass is 32.2. The summed E-state index contributed by atoms with van der Waals surface area (Å²) in [4.78, 5) is 26.5. The number of thiocarbonyl (C=S) groups is 1. The fourth-order valence-corrected chi connectivity index (χ4v) is 4.87. The molecule has 8 heteroatoms. The van der Waals surface area contributed by atoms with E-state index < -0.39 is 5.25 Å². The molecule has 0 saturated carbocycles. The van der Waals surface area contributed by atoms with Crippen molar-refractivity contribution in [2.24, 2.45) is 5.92 Å². The fraction of sp³-hybridized carbons (Fsp3) is 0.400. The van der Waals surface area contributed by atoms with Crippen LogP contribution in [0.2, 0.25) is 0 Å². The van der Waals surface area contributed by atoms with Crippen LogP contribution in [0.5, 0.6) is 11.5 Å². The largest absolute Gasteiger partial charge is 0.457 e. The van der Waals surface area contributed by atoms with Crippen molar-refractivity contribution >= 4 is 40.1 Å². The third-order valence-electron chi connectivity index (χ3n) is 5.09. The molecule has 6 nitrogen and oxygen atoms in total. The maximum atomic E-state index is 12.5. The molecule has 0 spiro atoms. The zero-order valence-electron chi connectivity index (χ0n) is 19.2. The maximum absolute atomic E-state index is 12.5. The Morgan fingerprint density at radius 2 is 1.70 bits per heavy atom. The molecule has 2 aromatic rings. The topological polar surface area (TPSA) is 67.9 Å². The van der Waals surface area contributed by atoms with Gasteiger partial charge in [0.05, 0.1) is 11.9 Å². The normalized spacial score (nSPS) is 15.9. The van der Waals surface area contributed by atoms with Crippen LogP contribution < -0.4 is 10.1 Å². The molecule has 3 rings (SSSR count). The summed E-state index contributed by atoms with van der Waals surface area (Å²) in [5.41, 5.74) is 2.15. The lowest BCUT2D eigenvalue weighted by molar-refractivity contribution is -0.129. The van der Waals surface area contributed by atoms with E-state index in [1.165, 1.54) is 17.3 Å². The van der Waals surface area contributed by atoms with Crippen molar-refractivity contribution in [3.63, 3.8) is 0 Å². The summed E-state index contributed by atoms with van der Waals surface area (Å²) < 4.78 is 11.5. The average Bonchev–Trinajstić information content (AvgIpc) is 3.05. The lowest BCUT2D eigenvalue weighted by Gasteiger charge is -2.17. The summed E-state index contributed by atoms with van der Waals surface area (Å²) in [5.74, 6) is 1.58. The first-order valence-electron chi connectivity index (χ1n) is 11.0. The molecule has 0 radical (unpaired) electrons. The number of carbonyl (C=O) groups is 2. The first kappa shape index (κ1) is 25.2. The molecule has 1 N–H and O–H groups in total. The molecule has 0 aliphatic carbocycles. The van der Waals surface area contributed by atoms with Gasteiger partial charge in [-0.25, -0.2) is 0 Å². The van der Waals surface area contributed by atoms with E-state index in [9.17, 15) is 9.59 Å². The summed E-state index contributed by atoms with van der Waals surface area (Å²) in [6, 6.07) is 15.5. The predicted octanol–water partition coefficient (Wildman–Crippen LogP) is 4.56. The van der Waals surface area contributed by atoms with Crippen LogP contribution in [0.15, 0.2) is 48.5 Å². The molecule has 1 aliphatic heterocycles. The summed E-state index contributed by atoms with van der Waals surface area (Å²) in [6.45, 7) is 5.75. The first-order valence-corrected chi connectivity index (χ1v) is 12.3. The molecule has 1 saturated heterocycles. The molecule has 1 heterocycles. The number of hydrogen-bond donors (Lipinski definition) is 1. The van der Waals surface area contributed by atoms with E-state index in [2.05, 4.69) is 5.32 Å². The highest BCUT2D eigenvalue weighted by Crippen LogP contribution is 2.30. The number of thioether (sulfide) groups is 1. The fourth-order valence-electron chi connectivity index (χ4n) is 3.35. The van der Waals surface area contributed by atoms with Gasteiger partial charge in [-0.05, 0) is 47.7 Å². The molecule has 2 amide bonds. The van der Waals surface area contributed by atoms with Crippen LogP contribution in [-0.2, 0) is 27.3 Å². The highest BCUT2D eigenvalue weighted by Gasteiger charge is 2.38. The molecule has 1 fully saturated rings. The Morgan fingerprint density at radius 1 is 1.09 bits per heavy atom. The second kappa shape index (κ2) is 12.2. The van der Waals surface area contributed by atoms with Crippen LogP contribution in [0.4, 0.5) is 0 Å². The Bertz CT molecular complexity index is 961. The number of carbonyl (C=O) groups excluding carboxylic acids is 2. The minimum Gasteiger partial charge on any atom is -0.457 e. The summed E-state index contributed by atoms with van der Waals surface area (Å²) in [7, 11) is 1.69. The van der Waals surface area contributed by atoms with E-state index in [1.54, 1.807) is 12.0 Å². The lowest BCUT2D eigenvalue weighted by Crippen LogP contribution is -2.36. The van der Waals surface area contributed by atoms with Crippen molar-refractivity contribution in [1.29, 1.82) is 0 Å². The van der Waals surface area contributed by atoms with Gasteiger partial charge in [-0.1, -0.05) is 62.1 Å². The van der Waals surface area contributed by atoms with E-state index in [-0.39, 0.29) is 18.2 Å². The maximum Gasteiger partial charge on any atom is 0.242 e. The van der Waals surface area contributed by atoms with Gasteiger partial charge >= 0.3 is 0 Å². The zero-order chi connectivity index (χ0) is 23.8. The molecular weight excluding hydrogens is 456 g/mol. The number of nitrogens with one attached hydrogen (secondary N) is 1.